The lowest BCUT2D eigenvalue weighted by molar-refractivity contribution is 0.606. The Morgan fingerprint density at radius 2 is 2.07 bits per heavy atom. The zero-order valence-electron chi connectivity index (χ0n) is 8.68. The van der Waals surface area contributed by atoms with Gasteiger partial charge in [0, 0.05) is 6.04 Å². The second kappa shape index (κ2) is 4.42. The Morgan fingerprint density at radius 1 is 1.43 bits per heavy atom. The summed E-state index contributed by atoms with van der Waals surface area (Å²) in [6.07, 6.45) is 1.86. The molecule has 0 bridgehead atoms. The third-order valence-corrected chi connectivity index (χ3v) is 2.38. The van der Waals surface area contributed by atoms with Crippen LogP contribution in [0.15, 0.2) is 12.1 Å². The molecule has 0 saturated carbocycles. The SMILES string of the molecule is CCCC(N)c1cc(F)c(N)cc1C. The lowest BCUT2D eigenvalue weighted by Gasteiger charge is -2.14. The smallest absolute Gasteiger partial charge is 0.146 e. The lowest BCUT2D eigenvalue weighted by Crippen LogP contribution is -2.12. The average Bonchev–Trinajstić information content (AvgIpc) is 2.11. The highest BCUT2D eigenvalue weighted by Gasteiger charge is 2.10. The van der Waals surface area contributed by atoms with Gasteiger partial charge in [-0.3, -0.25) is 0 Å². The molecule has 78 valence electrons. The van der Waals surface area contributed by atoms with E-state index < -0.39 is 0 Å². The van der Waals surface area contributed by atoms with E-state index in [1.807, 2.05) is 6.92 Å². The van der Waals surface area contributed by atoms with Gasteiger partial charge in [0.05, 0.1) is 5.69 Å². The topological polar surface area (TPSA) is 52.0 Å². The first-order valence-electron chi connectivity index (χ1n) is 4.87. The Labute approximate surface area is 84.1 Å². The van der Waals surface area contributed by atoms with Crippen LogP contribution in [0.5, 0.6) is 0 Å². The Balaban J connectivity index is 3.02. The Hall–Kier alpha value is -1.09. The van der Waals surface area contributed by atoms with E-state index in [4.69, 9.17) is 11.5 Å². The van der Waals surface area contributed by atoms with Crippen molar-refractivity contribution in [1.29, 1.82) is 0 Å². The van der Waals surface area contributed by atoms with Crippen LogP contribution in [-0.4, -0.2) is 0 Å². The number of halogens is 1. The molecule has 1 rings (SSSR count). The van der Waals surface area contributed by atoms with E-state index in [0.29, 0.717) is 0 Å². The van der Waals surface area contributed by atoms with Gasteiger partial charge >= 0.3 is 0 Å². The molecule has 1 unspecified atom stereocenters. The molecule has 0 fully saturated rings. The summed E-state index contributed by atoms with van der Waals surface area (Å²) in [6.45, 7) is 3.96. The molecule has 0 radical (unpaired) electrons. The number of nitrogens with two attached hydrogens (primary N) is 2. The third kappa shape index (κ3) is 2.23. The normalized spacial score (nSPS) is 12.9. The number of hydrogen-bond donors (Lipinski definition) is 2. The first-order chi connectivity index (χ1) is 6.56. The quantitative estimate of drug-likeness (QED) is 0.730. The summed E-state index contributed by atoms with van der Waals surface area (Å²) in [5.74, 6) is -0.378. The molecule has 1 aromatic carbocycles. The molecule has 0 aliphatic heterocycles. The van der Waals surface area contributed by atoms with E-state index in [2.05, 4.69) is 6.92 Å². The highest BCUT2D eigenvalue weighted by molar-refractivity contribution is 5.46. The van der Waals surface area contributed by atoms with Crippen molar-refractivity contribution in [2.75, 3.05) is 5.73 Å². The third-order valence-electron chi connectivity index (χ3n) is 2.38. The van der Waals surface area contributed by atoms with Crippen molar-refractivity contribution in [2.45, 2.75) is 32.7 Å². The maximum absolute atomic E-state index is 13.2. The molecule has 14 heavy (non-hydrogen) atoms. The zero-order chi connectivity index (χ0) is 10.7. The van der Waals surface area contributed by atoms with Crippen LogP contribution in [0.3, 0.4) is 0 Å². The van der Waals surface area contributed by atoms with Crippen LogP contribution in [0, 0.1) is 12.7 Å². The van der Waals surface area contributed by atoms with Crippen molar-refractivity contribution < 1.29 is 4.39 Å². The van der Waals surface area contributed by atoms with E-state index in [1.165, 1.54) is 6.07 Å². The predicted molar refractivity (Wildman–Crippen MR) is 57.4 cm³/mol. The molecule has 4 N–H and O–H groups in total. The first-order valence-corrected chi connectivity index (χ1v) is 4.87. The van der Waals surface area contributed by atoms with Crippen molar-refractivity contribution in [3.63, 3.8) is 0 Å². The average molecular weight is 196 g/mol. The number of benzene rings is 1. The van der Waals surface area contributed by atoms with Crippen LogP contribution in [-0.2, 0) is 0 Å². The number of hydrogen-bond acceptors (Lipinski definition) is 2. The van der Waals surface area contributed by atoms with Crippen LogP contribution in [0.1, 0.15) is 36.9 Å². The largest absolute Gasteiger partial charge is 0.396 e. The summed E-state index contributed by atoms with van der Waals surface area (Å²) in [7, 11) is 0. The fourth-order valence-electron chi connectivity index (χ4n) is 1.59. The molecule has 0 aliphatic rings. The Bertz CT molecular complexity index is 323. The van der Waals surface area contributed by atoms with Crippen molar-refractivity contribution >= 4 is 5.69 Å². The van der Waals surface area contributed by atoms with Gasteiger partial charge in [-0.25, -0.2) is 4.39 Å². The Kier molecular flexibility index (Phi) is 3.47. The lowest BCUT2D eigenvalue weighted by atomic mass is 9.98. The molecule has 2 nitrogen and oxygen atoms in total. The molecule has 0 spiro atoms. The summed E-state index contributed by atoms with van der Waals surface area (Å²) in [5.41, 5.74) is 13.4. The molecular weight excluding hydrogens is 179 g/mol. The van der Waals surface area contributed by atoms with E-state index >= 15 is 0 Å². The maximum Gasteiger partial charge on any atom is 0.146 e. The van der Waals surface area contributed by atoms with Crippen LogP contribution in [0.2, 0.25) is 0 Å². The molecule has 0 heterocycles. The number of rotatable bonds is 3. The van der Waals surface area contributed by atoms with E-state index in [-0.39, 0.29) is 17.5 Å². The number of anilines is 1. The number of aryl methyl sites for hydroxylation is 1. The summed E-state index contributed by atoms with van der Waals surface area (Å²) >= 11 is 0. The first kappa shape index (κ1) is 11.0. The van der Waals surface area contributed by atoms with Crippen molar-refractivity contribution in [2.24, 2.45) is 5.73 Å². The van der Waals surface area contributed by atoms with Gasteiger partial charge in [-0.15, -0.1) is 0 Å². The summed E-state index contributed by atoms with van der Waals surface area (Å²) in [5, 5.41) is 0. The second-order valence-corrected chi connectivity index (χ2v) is 3.63. The van der Waals surface area contributed by atoms with E-state index in [0.717, 1.165) is 24.0 Å². The predicted octanol–water partition coefficient (Wildman–Crippen LogP) is 2.52. The van der Waals surface area contributed by atoms with Crippen molar-refractivity contribution in [3.8, 4) is 0 Å². The molecule has 0 aliphatic carbocycles. The fourth-order valence-corrected chi connectivity index (χ4v) is 1.59. The highest BCUT2D eigenvalue weighted by Crippen LogP contribution is 2.23. The minimum absolute atomic E-state index is 0.0879. The minimum atomic E-state index is -0.378. The minimum Gasteiger partial charge on any atom is -0.396 e. The molecule has 0 saturated heterocycles. The monoisotopic (exact) mass is 196 g/mol. The summed E-state index contributed by atoms with van der Waals surface area (Å²) in [4.78, 5) is 0. The van der Waals surface area contributed by atoms with Crippen molar-refractivity contribution in [1.82, 2.24) is 0 Å². The summed E-state index contributed by atoms with van der Waals surface area (Å²) in [6, 6.07) is 3.00. The van der Waals surface area contributed by atoms with Gasteiger partial charge in [0.15, 0.2) is 0 Å². The van der Waals surface area contributed by atoms with Gasteiger partial charge in [-0.05, 0) is 36.6 Å². The molecular formula is C11H17FN2. The molecule has 0 amide bonds. The highest BCUT2D eigenvalue weighted by atomic mass is 19.1. The molecule has 1 aromatic rings. The Morgan fingerprint density at radius 3 is 2.64 bits per heavy atom. The molecule has 1 atom stereocenters. The van der Waals surface area contributed by atoms with Crippen LogP contribution < -0.4 is 11.5 Å². The van der Waals surface area contributed by atoms with Crippen LogP contribution in [0.4, 0.5) is 10.1 Å². The fraction of sp³-hybridized carbons (Fsp3) is 0.455. The second-order valence-electron chi connectivity index (χ2n) is 3.63. The molecule has 3 heteroatoms. The van der Waals surface area contributed by atoms with Gasteiger partial charge in [-0.1, -0.05) is 13.3 Å². The zero-order valence-corrected chi connectivity index (χ0v) is 8.68. The van der Waals surface area contributed by atoms with E-state index in [1.54, 1.807) is 6.07 Å². The van der Waals surface area contributed by atoms with E-state index in [9.17, 15) is 4.39 Å². The molecule has 0 aromatic heterocycles. The van der Waals surface area contributed by atoms with Gasteiger partial charge in [0.2, 0.25) is 0 Å². The maximum atomic E-state index is 13.2. The van der Waals surface area contributed by atoms with Gasteiger partial charge in [-0.2, -0.15) is 0 Å². The standard InChI is InChI=1S/C11H17FN2/c1-3-4-10(13)8-6-9(12)11(14)5-7(8)2/h5-6,10H,3-4,13-14H2,1-2H3. The van der Waals surface area contributed by atoms with Crippen molar-refractivity contribution in [3.05, 3.63) is 29.1 Å². The summed E-state index contributed by atoms with van der Waals surface area (Å²) < 4.78 is 13.2. The van der Waals surface area contributed by atoms with Crippen LogP contribution >= 0.6 is 0 Å². The van der Waals surface area contributed by atoms with Gasteiger partial charge in [0.1, 0.15) is 5.82 Å². The van der Waals surface area contributed by atoms with Gasteiger partial charge in [0.25, 0.3) is 0 Å². The van der Waals surface area contributed by atoms with Gasteiger partial charge < -0.3 is 11.5 Å². The number of nitrogen functional groups attached to an aromatic ring is 1. The van der Waals surface area contributed by atoms with Crippen LogP contribution in [0.25, 0.3) is 0 Å².